The number of carbonyl (C=O) groups excluding carboxylic acids is 2. The molecule has 22 heavy (non-hydrogen) atoms. The SMILES string of the molecule is O=C(c1cnn2cccnc12)N1CCC2(CCCO2)C(=O)C1. The van der Waals surface area contributed by atoms with Gasteiger partial charge in [-0.15, -0.1) is 0 Å². The van der Waals surface area contributed by atoms with Crippen LogP contribution >= 0.6 is 0 Å². The van der Waals surface area contributed by atoms with Crippen LogP contribution in [0.1, 0.15) is 29.6 Å². The largest absolute Gasteiger partial charge is 0.367 e. The average Bonchev–Trinajstić information content (AvgIpc) is 3.17. The lowest BCUT2D eigenvalue weighted by Gasteiger charge is -2.36. The third kappa shape index (κ3) is 1.93. The van der Waals surface area contributed by atoms with Gasteiger partial charge in [-0.05, 0) is 18.9 Å². The van der Waals surface area contributed by atoms with Crippen LogP contribution in [0.5, 0.6) is 0 Å². The Morgan fingerprint density at radius 3 is 3.05 bits per heavy atom. The minimum atomic E-state index is -0.643. The summed E-state index contributed by atoms with van der Waals surface area (Å²) in [7, 11) is 0. The third-order valence-corrected chi connectivity index (χ3v) is 4.53. The zero-order valence-corrected chi connectivity index (χ0v) is 12.1. The van der Waals surface area contributed by atoms with Gasteiger partial charge in [0.15, 0.2) is 11.4 Å². The molecule has 2 saturated heterocycles. The van der Waals surface area contributed by atoms with Crippen LogP contribution in [0.3, 0.4) is 0 Å². The predicted molar refractivity (Wildman–Crippen MR) is 76.4 cm³/mol. The van der Waals surface area contributed by atoms with E-state index in [1.165, 1.54) is 6.20 Å². The zero-order valence-electron chi connectivity index (χ0n) is 12.1. The second kappa shape index (κ2) is 4.88. The lowest BCUT2D eigenvalue weighted by Crippen LogP contribution is -2.53. The number of ketones is 1. The van der Waals surface area contributed by atoms with E-state index in [1.807, 2.05) is 0 Å². The van der Waals surface area contributed by atoms with Crippen LogP contribution in [0.25, 0.3) is 5.65 Å². The maximum atomic E-state index is 12.7. The van der Waals surface area contributed by atoms with Gasteiger partial charge in [0.25, 0.3) is 5.91 Å². The van der Waals surface area contributed by atoms with Crippen molar-refractivity contribution in [3.8, 4) is 0 Å². The monoisotopic (exact) mass is 300 g/mol. The van der Waals surface area contributed by atoms with Crippen molar-refractivity contribution >= 4 is 17.3 Å². The maximum absolute atomic E-state index is 12.7. The van der Waals surface area contributed by atoms with Crippen LogP contribution < -0.4 is 0 Å². The molecule has 1 unspecified atom stereocenters. The molecule has 2 aliphatic heterocycles. The van der Waals surface area contributed by atoms with E-state index in [2.05, 4.69) is 10.1 Å². The van der Waals surface area contributed by atoms with Crippen molar-refractivity contribution in [1.82, 2.24) is 19.5 Å². The van der Waals surface area contributed by atoms with Crippen LogP contribution in [-0.2, 0) is 9.53 Å². The molecular weight excluding hydrogens is 284 g/mol. The first kappa shape index (κ1) is 13.4. The summed E-state index contributed by atoms with van der Waals surface area (Å²) in [5.74, 6) is -0.191. The molecule has 4 rings (SSSR count). The number of rotatable bonds is 1. The molecule has 1 spiro atoms. The van der Waals surface area contributed by atoms with Crippen LogP contribution in [0.2, 0.25) is 0 Å². The van der Waals surface area contributed by atoms with E-state index < -0.39 is 5.60 Å². The number of carbonyl (C=O) groups is 2. The second-order valence-corrected chi connectivity index (χ2v) is 5.79. The highest BCUT2D eigenvalue weighted by Gasteiger charge is 2.46. The van der Waals surface area contributed by atoms with Crippen molar-refractivity contribution in [3.05, 3.63) is 30.2 Å². The molecule has 0 saturated carbocycles. The molecule has 1 amide bonds. The molecule has 7 nitrogen and oxygen atoms in total. The van der Waals surface area contributed by atoms with Crippen molar-refractivity contribution in [3.63, 3.8) is 0 Å². The van der Waals surface area contributed by atoms with Crippen molar-refractivity contribution < 1.29 is 14.3 Å². The first-order valence-electron chi connectivity index (χ1n) is 7.44. The first-order chi connectivity index (χ1) is 10.7. The molecule has 114 valence electrons. The van der Waals surface area contributed by atoms with Crippen molar-refractivity contribution in [2.45, 2.75) is 24.9 Å². The third-order valence-electron chi connectivity index (χ3n) is 4.53. The molecular formula is C15H16N4O3. The lowest BCUT2D eigenvalue weighted by atomic mass is 9.87. The molecule has 2 aliphatic rings. The Kier molecular flexibility index (Phi) is 2.97. The van der Waals surface area contributed by atoms with Crippen molar-refractivity contribution in [2.75, 3.05) is 19.7 Å². The topological polar surface area (TPSA) is 76.8 Å². The molecule has 0 N–H and O–H groups in total. The van der Waals surface area contributed by atoms with Crippen molar-refractivity contribution in [1.29, 1.82) is 0 Å². The molecule has 2 aromatic heterocycles. The van der Waals surface area contributed by atoms with E-state index in [1.54, 1.807) is 27.9 Å². The first-order valence-corrected chi connectivity index (χ1v) is 7.44. The number of hydrogen-bond acceptors (Lipinski definition) is 5. The van der Waals surface area contributed by atoms with E-state index in [0.29, 0.717) is 30.8 Å². The van der Waals surface area contributed by atoms with Crippen LogP contribution in [0.15, 0.2) is 24.7 Å². The fraction of sp³-hybridized carbons (Fsp3) is 0.467. The molecule has 0 radical (unpaired) electrons. The van der Waals surface area contributed by atoms with Gasteiger partial charge in [0.2, 0.25) is 0 Å². The van der Waals surface area contributed by atoms with Gasteiger partial charge in [0, 0.05) is 32.0 Å². The standard InChI is InChI=1S/C15H16N4O3/c20-12-10-18(7-4-15(12)3-1-8-22-15)14(21)11-9-17-19-6-2-5-16-13(11)19/h2,5-6,9H,1,3-4,7-8,10H2. The normalized spacial score (nSPS) is 25.3. The summed E-state index contributed by atoms with van der Waals surface area (Å²) in [5, 5.41) is 4.12. The Morgan fingerprint density at radius 1 is 1.36 bits per heavy atom. The summed E-state index contributed by atoms with van der Waals surface area (Å²) in [4.78, 5) is 30.8. The fourth-order valence-corrected chi connectivity index (χ4v) is 3.29. The number of nitrogens with zero attached hydrogens (tertiary/aromatic N) is 4. The summed E-state index contributed by atoms with van der Waals surface area (Å²) >= 11 is 0. The Morgan fingerprint density at radius 2 is 2.27 bits per heavy atom. The predicted octanol–water partition coefficient (Wildman–Crippen LogP) is 0.693. The summed E-state index contributed by atoms with van der Waals surface area (Å²) in [5.41, 5.74) is 0.296. The number of fused-ring (bicyclic) bond motifs is 1. The summed E-state index contributed by atoms with van der Waals surface area (Å²) in [6.45, 7) is 1.26. The lowest BCUT2D eigenvalue weighted by molar-refractivity contribution is -0.144. The molecule has 0 bridgehead atoms. The molecule has 1 atom stereocenters. The van der Waals surface area contributed by atoms with Crippen LogP contribution in [0, 0.1) is 0 Å². The molecule has 0 aromatic carbocycles. The van der Waals surface area contributed by atoms with Crippen molar-refractivity contribution in [2.24, 2.45) is 0 Å². The Bertz CT molecular complexity index is 748. The minimum absolute atomic E-state index is 0.00836. The summed E-state index contributed by atoms with van der Waals surface area (Å²) in [6.07, 6.45) is 7.12. The Labute approximate surface area is 126 Å². The highest BCUT2D eigenvalue weighted by molar-refractivity contribution is 6.02. The Hall–Kier alpha value is -2.28. The molecule has 2 fully saturated rings. The van der Waals surface area contributed by atoms with E-state index in [-0.39, 0.29) is 18.2 Å². The quantitative estimate of drug-likeness (QED) is 0.774. The number of likely N-dealkylation sites (tertiary alicyclic amines) is 1. The van der Waals surface area contributed by atoms with Gasteiger partial charge in [0.1, 0.15) is 11.2 Å². The molecule has 2 aromatic rings. The molecule has 0 aliphatic carbocycles. The van der Waals surface area contributed by atoms with Gasteiger partial charge in [-0.3, -0.25) is 9.59 Å². The number of hydrogen-bond donors (Lipinski definition) is 0. The average molecular weight is 300 g/mol. The molecule has 4 heterocycles. The number of ether oxygens (including phenoxy) is 1. The smallest absolute Gasteiger partial charge is 0.259 e. The number of Topliss-reactive ketones (excluding diaryl/α,β-unsaturated/α-hetero) is 1. The number of amides is 1. The van der Waals surface area contributed by atoms with Crippen LogP contribution in [0.4, 0.5) is 0 Å². The van der Waals surface area contributed by atoms with Gasteiger partial charge < -0.3 is 9.64 Å². The van der Waals surface area contributed by atoms with Gasteiger partial charge >= 0.3 is 0 Å². The second-order valence-electron chi connectivity index (χ2n) is 5.79. The highest BCUT2D eigenvalue weighted by atomic mass is 16.5. The minimum Gasteiger partial charge on any atom is -0.367 e. The number of aromatic nitrogens is 3. The van der Waals surface area contributed by atoms with E-state index >= 15 is 0 Å². The maximum Gasteiger partial charge on any atom is 0.259 e. The van der Waals surface area contributed by atoms with Crippen LogP contribution in [-0.4, -0.2) is 56.5 Å². The van der Waals surface area contributed by atoms with E-state index in [4.69, 9.17) is 4.74 Å². The summed E-state index contributed by atoms with van der Waals surface area (Å²) in [6, 6.07) is 1.75. The van der Waals surface area contributed by atoms with Gasteiger partial charge in [-0.2, -0.15) is 5.10 Å². The van der Waals surface area contributed by atoms with Gasteiger partial charge in [0.05, 0.1) is 12.7 Å². The zero-order chi connectivity index (χ0) is 15.2. The van der Waals surface area contributed by atoms with E-state index in [9.17, 15) is 9.59 Å². The fourth-order valence-electron chi connectivity index (χ4n) is 3.29. The van der Waals surface area contributed by atoms with Gasteiger partial charge in [-0.25, -0.2) is 9.50 Å². The number of piperidine rings is 1. The van der Waals surface area contributed by atoms with Gasteiger partial charge in [-0.1, -0.05) is 0 Å². The summed E-state index contributed by atoms with van der Waals surface area (Å²) < 4.78 is 7.22. The molecule has 7 heteroatoms. The van der Waals surface area contributed by atoms with E-state index in [0.717, 1.165) is 12.8 Å². The highest BCUT2D eigenvalue weighted by Crippen LogP contribution is 2.33. The Balaban J connectivity index is 1.58.